The van der Waals surface area contributed by atoms with Crippen LogP contribution in [0, 0.1) is 11.6 Å². The molecule has 104 valence electrons. The number of halogens is 3. The second-order valence-electron chi connectivity index (χ2n) is 4.13. The predicted molar refractivity (Wildman–Crippen MR) is 73.4 cm³/mol. The van der Waals surface area contributed by atoms with Crippen molar-refractivity contribution in [3.63, 3.8) is 0 Å². The van der Waals surface area contributed by atoms with Gasteiger partial charge in [0.15, 0.2) is 11.6 Å². The number of nitrogens with two attached hydrogens (primary N) is 1. The minimum atomic E-state index is -1.17. The van der Waals surface area contributed by atoms with Crippen LogP contribution in [0.1, 0.15) is 11.6 Å². The molecule has 0 fully saturated rings. The summed E-state index contributed by atoms with van der Waals surface area (Å²) in [6.07, 6.45) is 0. The van der Waals surface area contributed by atoms with Crippen LogP contribution in [0.5, 0.6) is 0 Å². The van der Waals surface area contributed by atoms with Gasteiger partial charge in [-0.3, -0.25) is 4.79 Å². The second kappa shape index (κ2) is 5.88. The van der Waals surface area contributed by atoms with E-state index >= 15 is 0 Å². The zero-order chi connectivity index (χ0) is 14.7. The normalized spacial score (nSPS) is 11.9. The molecule has 1 unspecified atom stereocenters. The topological polar surface area (TPSA) is 55.1 Å². The van der Waals surface area contributed by atoms with Gasteiger partial charge >= 0.3 is 0 Å². The van der Waals surface area contributed by atoms with Crippen LogP contribution in [0.15, 0.2) is 42.5 Å². The zero-order valence-electron chi connectivity index (χ0n) is 10.2. The maximum Gasteiger partial charge on any atom is 0.244 e. The Labute approximate surface area is 119 Å². The Kier molecular flexibility index (Phi) is 4.20. The van der Waals surface area contributed by atoms with Gasteiger partial charge in [-0.25, -0.2) is 8.78 Å². The number of carbonyl (C=O) groups is 1. The summed E-state index contributed by atoms with van der Waals surface area (Å²) >= 11 is 5.74. The van der Waals surface area contributed by atoms with E-state index in [2.05, 4.69) is 5.32 Å². The molecule has 2 aromatic carbocycles. The number of rotatable bonds is 4. The molecule has 0 aliphatic rings. The summed E-state index contributed by atoms with van der Waals surface area (Å²) in [4.78, 5) is 11.5. The first-order chi connectivity index (χ1) is 9.49. The number of benzene rings is 2. The van der Waals surface area contributed by atoms with E-state index in [1.165, 1.54) is 12.1 Å². The van der Waals surface area contributed by atoms with Gasteiger partial charge in [0.1, 0.15) is 6.04 Å². The third kappa shape index (κ3) is 3.05. The van der Waals surface area contributed by atoms with Crippen LogP contribution in [-0.2, 0) is 4.79 Å². The van der Waals surface area contributed by atoms with Crippen molar-refractivity contribution in [1.82, 2.24) is 0 Å². The van der Waals surface area contributed by atoms with Gasteiger partial charge in [0, 0.05) is 16.3 Å². The molecule has 3 N–H and O–H groups in total. The number of anilines is 1. The number of amides is 1. The molecule has 0 aliphatic heterocycles. The molecule has 0 aliphatic carbocycles. The summed E-state index contributed by atoms with van der Waals surface area (Å²) in [5.74, 6) is -2.95. The molecular weight excluding hydrogens is 286 g/mol. The largest absolute Gasteiger partial charge is 0.370 e. The van der Waals surface area contributed by atoms with Crippen molar-refractivity contribution in [3.8, 4) is 0 Å². The number of nitrogens with one attached hydrogen (secondary N) is 1. The Morgan fingerprint density at radius 2 is 1.80 bits per heavy atom. The van der Waals surface area contributed by atoms with Crippen molar-refractivity contribution in [2.45, 2.75) is 6.04 Å². The summed E-state index contributed by atoms with van der Waals surface area (Å²) in [5.41, 5.74) is 5.62. The maximum atomic E-state index is 13.7. The first-order valence-electron chi connectivity index (χ1n) is 5.74. The standard InChI is InChI=1S/C14H11ClF2N2O/c15-8-4-6-9(7-5-8)19-13(14(18)20)10-2-1-3-11(16)12(10)17/h1-7,13,19H,(H2,18,20). The molecule has 0 saturated carbocycles. The molecule has 20 heavy (non-hydrogen) atoms. The highest BCUT2D eigenvalue weighted by molar-refractivity contribution is 6.30. The minimum absolute atomic E-state index is 0.146. The van der Waals surface area contributed by atoms with Crippen LogP contribution in [0.3, 0.4) is 0 Å². The van der Waals surface area contributed by atoms with Gasteiger partial charge in [-0.1, -0.05) is 23.7 Å². The van der Waals surface area contributed by atoms with Gasteiger partial charge in [0.25, 0.3) is 0 Å². The van der Waals surface area contributed by atoms with Crippen LogP contribution in [0.4, 0.5) is 14.5 Å². The zero-order valence-corrected chi connectivity index (χ0v) is 11.0. The highest BCUT2D eigenvalue weighted by Gasteiger charge is 2.23. The van der Waals surface area contributed by atoms with Crippen molar-refractivity contribution < 1.29 is 13.6 Å². The van der Waals surface area contributed by atoms with Crippen molar-refractivity contribution >= 4 is 23.2 Å². The van der Waals surface area contributed by atoms with Gasteiger partial charge in [0.2, 0.25) is 5.91 Å². The highest BCUT2D eigenvalue weighted by atomic mass is 35.5. The average Bonchev–Trinajstić information content (AvgIpc) is 2.41. The third-order valence-corrected chi connectivity index (χ3v) is 2.98. The fourth-order valence-corrected chi connectivity index (χ4v) is 1.88. The minimum Gasteiger partial charge on any atom is -0.370 e. The van der Waals surface area contributed by atoms with E-state index in [1.54, 1.807) is 24.3 Å². The summed E-state index contributed by atoms with van der Waals surface area (Å²) in [7, 11) is 0. The lowest BCUT2D eigenvalue weighted by Gasteiger charge is -2.18. The van der Waals surface area contributed by atoms with E-state index in [0.717, 1.165) is 6.07 Å². The molecule has 0 saturated heterocycles. The Morgan fingerprint density at radius 3 is 2.40 bits per heavy atom. The quantitative estimate of drug-likeness (QED) is 0.910. The van der Waals surface area contributed by atoms with Crippen molar-refractivity contribution in [1.29, 1.82) is 0 Å². The van der Waals surface area contributed by atoms with E-state index in [0.29, 0.717) is 10.7 Å². The number of primary amides is 1. The molecule has 0 bridgehead atoms. The molecule has 2 aromatic rings. The number of carbonyl (C=O) groups excluding carboxylic acids is 1. The molecule has 1 atom stereocenters. The smallest absolute Gasteiger partial charge is 0.244 e. The molecule has 0 spiro atoms. The lowest BCUT2D eigenvalue weighted by atomic mass is 10.0. The summed E-state index contributed by atoms with van der Waals surface area (Å²) in [6, 6.07) is 8.83. The first kappa shape index (κ1) is 14.3. The molecular formula is C14H11ClF2N2O. The third-order valence-electron chi connectivity index (χ3n) is 2.73. The summed E-state index contributed by atoms with van der Waals surface area (Å²) in [6.45, 7) is 0. The van der Waals surface area contributed by atoms with Crippen LogP contribution >= 0.6 is 11.6 Å². The first-order valence-corrected chi connectivity index (χ1v) is 6.12. The molecule has 0 heterocycles. The number of hydrogen-bond donors (Lipinski definition) is 2. The van der Waals surface area contributed by atoms with Crippen LogP contribution in [0.2, 0.25) is 5.02 Å². The summed E-state index contributed by atoms with van der Waals surface area (Å²) in [5, 5.41) is 3.27. The van der Waals surface area contributed by atoms with Crippen LogP contribution in [0.25, 0.3) is 0 Å². The van der Waals surface area contributed by atoms with E-state index in [1.807, 2.05) is 0 Å². The lowest BCUT2D eigenvalue weighted by Crippen LogP contribution is -2.28. The fraction of sp³-hybridized carbons (Fsp3) is 0.0714. The Bertz CT molecular complexity index is 632. The number of hydrogen-bond acceptors (Lipinski definition) is 2. The van der Waals surface area contributed by atoms with Gasteiger partial charge in [-0.15, -0.1) is 0 Å². The highest BCUT2D eigenvalue weighted by Crippen LogP contribution is 2.24. The van der Waals surface area contributed by atoms with Crippen molar-refractivity contribution in [2.75, 3.05) is 5.32 Å². The Hall–Kier alpha value is -2.14. The van der Waals surface area contributed by atoms with E-state index in [9.17, 15) is 13.6 Å². The monoisotopic (exact) mass is 296 g/mol. The predicted octanol–water partition coefficient (Wildman–Crippen LogP) is 3.26. The van der Waals surface area contributed by atoms with Gasteiger partial charge in [-0.2, -0.15) is 0 Å². The van der Waals surface area contributed by atoms with E-state index < -0.39 is 23.6 Å². The Balaban J connectivity index is 2.34. The molecule has 2 rings (SSSR count). The molecule has 0 radical (unpaired) electrons. The summed E-state index contributed by atoms with van der Waals surface area (Å²) < 4.78 is 27.0. The Morgan fingerprint density at radius 1 is 1.15 bits per heavy atom. The van der Waals surface area contributed by atoms with Crippen molar-refractivity contribution in [2.24, 2.45) is 5.73 Å². The second-order valence-corrected chi connectivity index (χ2v) is 4.57. The van der Waals surface area contributed by atoms with Crippen LogP contribution in [-0.4, -0.2) is 5.91 Å². The van der Waals surface area contributed by atoms with E-state index in [4.69, 9.17) is 17.3 Å². The van der Waals surface area contributed by atoms with Gasteiger partial charge < -0.3 is 11.1 Å². The van der Waals surface area contributed by atoms with E-state index in [-0.39, 0.29) is 5.56 Å². The van der Waals surface area contributed by atoms with Gasteiger partial charge in [-0.05, 0) is 30.3 Å². The molecule has 0 aromatic heterocycles. The molecule has 6 heteroatoms. The van der Waals surface area contributed by atoms with Crippen LogP contribution < -0.4 is 11.1 Å². The van der Waals surface area contributed by atoms with Crippen molar-refractivity contribution in [3.05, 3.63) is 64.7 Å². The SMILES string of the molecule is NC(=O)C(Nc1ccc(Cl)cc1)c1cccc(F)c1F. The average molecular weight is 297 g/mol. The molecule has 3 nitrogen and oxygen atoms in total. The lowest BCUT2D eigenvalue weighted by molar-refractivity contribution is -0.118. The van der Waals surface area contributed by atoms with Gasteiger partial charge in [0.05, 0.1) is 0 Å². The maximum absolute atomic E-state index is 13.7. The molecule has 1 amide bonds. The fourth-order valence-electron chi connectivity index (χ4n) is 1.76.